The smallest absolute Gasteiger partial charge is 0.0438 e. The minimum atomic E-state index is 0.583. The van der Waals surface area contributed by atoms with Gasteiger partial charge in [-0.3, -0.25) is 5.01 Å². The monoisotopic (exact) mass is 281 g/mol. The Hall–Kier alpha value is -0.700. The molecule has 1 aliphatic heterocycles. The average Bonchev–Trinajstić information content (AvgIpc) is 2.99. The molecule has 0 fully saturated rings. The first kappa shape index (κ1) is 17.4. The lowest BCUT2D eigenvalue weighted by molar-refractivity contribution is 0.196. The van der Waals surface area contributed by atoms with Gasteiger partial charge in [0.25, 0.3) is 0 Å². The lowest BCUT2D eigenvalue weighted by Gasteiger charge is -2.23. The van der Waals surface area contributed by atoms with E-state index < -0.39 is 0 Å². The molecule has 1 heterocycles. The molecule has 0 saturated heterocycles. The van der Waals surface area contributed by atoms with Crippen LogP contribution in [0.2, 0.25) is 0 Å². The summed E-state index contributed by atoms with van der Waals surface area (Å²) in [6.45, 7) is 4.56. The molecule has 1 aliphatic rings. The van der Waals surface area contributed by atoms with Crippen LogP contribution < -0.4 is 11.0 Å². The van der Waals surface area contributed by atoms with Crippen molar-refractivity contribution in [2.75, 3.05) is 0 Å². The van der Waals surface area contributed by atoms with Crippen molar-refractivity contribution in [2.45, 2.75) is 96.9 Å². The van der Waals surface area contributed by atoms with Gasteiger partial charge in [-0.05, 0) is 13.3 Å². The molecule has 0 aliphatic carbocycles. The van der Waals surface area contributed by atoms with Crippen molar-refractivity contribution in [2.24, 2.45) is 0 Å². The molecule has 0 radical (unpaired) electrons. The van der Waals surface area contributed by atoms with Crippen molar-refractivity contribution in [1.29, 1.82) is 0 Å². The molecule has 0 amide bonds. The molecule has 1 rings (SSSR count). The first-order valence-electron chi connectivity index (χ1n) is 8.80. The summed E-state index contributed by atoms with van der Waals surface area (Å²) < 4.78 is 0. The van der Waals surface area contributed by atoms with E-state index >= 15 is 0 Å². The van der Waals surface area contributed by atoms with Gasteiger partial charge < -0.3 is 5.43 Å². The zero-order valence-corrected chi connectivity index (χ0v) is 13.7. The van der Waals surface area contributed by atoms with Crippen LogP contribution in [0.4, 0.5) is 0 Å². The number of nitrogens with zero attached hydrogens (tertiary/aromatic N) is 1. The van der Waals surface area contributed by atoms with Crippen LogP contribution in [0.3, 0.4) is 0 Å². The lowest BCUT2D eigenvalue weighted by Crippen LogP contribution is -2.41. The second-order valence-electron chi connectivity index (χ2n) is 6.15. The van der Waals surface area contributed by atoms with Crippen molar-refractivity contribution in [3.63, 3.8) is 0 Å². The molecule has 0 aromatic heterocycles. The fourth-order valence-corrected chi connectivity index (χ4v) is 2.77. The molecule has 0 aromatic rings. The van der Waals surface area contributed by atoms with Crippen LogP contribution in [0.15, 0.2) is 12.4 Å². The van der Waals surface area contributed by atoms with Gasteiger partial charge >= 0.3 is 0 Å². The molecule has 2 N–H and O–H groups in total. The fraction of sp³-hybridized carbons (Fsp3) is 0.882. The summed E-state index contributed by atoms with van der Waals surface area (Å²) in [6.07, 6.45) is 20.9. The number of hydrogen-bond donors (Lipinski definition) is 2. The van der Waals surface area contributed by atoms with E-state index in [1.165, 1.54) is 77.0 Å². The molecule has 1 unspecified atom stereocenters. The Bertz CT molecular complexity index is 240. The van der Waals surface area contributed by atoms with Crippen LogP contribution in [0.5, 0.6) is 0 Å². The summed E-state index contributed by atoms with van der Waals surface area (Å²) in [5.74, 6) is 0. The van der Waals surface area contributed by atoms with Gasteiger partial charge in [0, 0.05) is 18.4 Å². The predicted octanol–water partition coefficient (Wildman–Crippen LogP) is 4.87. The second-order valence-corrected chi connectivity index (χ2v) is 6.15. The Morgan fingerprint density at radius 3 is 1.90 bits per heavy atom. The number of nitrogens with one attached hydrogen (secondary N) is 2. The van der Waals surface area contributed by atoms with Crippen LogP contribution in [0.25, 0.3) is 0 Å². The summed E-state index contributed by atoms with van der Waals surface area (Å²) in [4.78, 5) is 0. The molecule has 3 heteroatoms. The van der Waals surface area contributed by atoms with Crippen molar-refractivity contribution < 1.29 is 0 Å². The first-order valence-corrected chi connectivity index (χ1v) is 8.80. The van der Waals surface area contributed by atoms with E-state index in [0.717, 1.165) is 0 Å². The average molecular weight is 281 g/mol. The van der Waals surface area contributed by atoms with Crippen molar-refractivity contribution in [3.05, 3.63) is 12.4 Å². The Morgan fingerprint density at radius 1 is 0.850 bits per heavy atom. The molecule has 0 saturated carbocycles. The third-order valence-electron chi connectivity index (χ3n) is 4.21. The highest BCUT2D eigenvalue weighted by Crippen LogP contribution is 2.14. The fourth-order valence-electron chi connectivity index (χ4n) is 2.77. The van der Waals surface area contributed by atoms with Crippen molar-refractivity contribution in [3.8, 4) is 0 Å². The predicted molar refractivity (Wildman–Crippen MR) is 87.8 cm³/mol. The van der Waals surface area contributed by atoms with Crippen molar-refractivity contribution in [1.82, 2.24) is 16.0 Å². The number of rotatable bonds is 13. The topological polar surface area (TPSA) is 27.3 Å². The highest BCUT2D eigenvalue weighted by atomic mass is 15.7. The lowest BCUT2D eigenvalue weighted by atomic mass is 10.0. The SMILES string of the molecule is CCCCCCCCCCCCCC(C)N1C=CNN1. The van der Waals surface area contributed by atoms with Crippen LogP contribution in [0, 0.1) is 0 Å². The van der Waals surface area contributed by atoms with Gasteiger partial charge in [0.2, 0.25) is 0 Å². The molecular formula is C17H35N3. The third-order valence-corrected chi connectivity index (χ3v) is 4.21. The minimum Gasteiger partial charge on any atom is -0.310 e. The van der Waals surface area contributed by atoms with E-state index in [1.54, 1.807) is 0 Å². The Morgan fingerprint density at radius 2 is 1.40 bits per heavy atom. The third kappa shape index (κ3) is 8.47. The van der Waals surface area contributed by atoms with Gasteiger partial charge in [0.15, 0.2) is 0 Å². The maximum atomic E-state index is 3.12. The van der Waals surface area contributed by atoms with Crippen LogP contribution in [0.1, 0.15) is 90.9 Å². The summed E-state index contributed by atoms with van der Waals surface area (Å²) in [6, 6.07) is 0.583. The zero-order valence-electron chi connectivity index (χ0n) is 13.7. The molecule has 3 nitrogen and oxygen atoms in total. The number of unbranched alkanes of at least 4 members (excludes halogenated alkanes) is 10. The molecule has 0 bridgehead atoms. The molecule has 1 atom stereocenters. The van der Waals surface area contributed by atoms with Gasteiger partial charge in [-0.2, -0.15) is 0 Å². The Labute approximate surface area is 126 Å². The van der Waals surface area contributed by atoms with Gasteiger partial charge in [0.05, 0.1) is 0 Å². The quantitative estimate of drug-likeness (QED) is 0.471. The molecule has 0 aromatic carbocycles. The van der Waals surface area contributed by atoms with E-state index in [1.807, 2.05) is 6.20 Å². The summed E-state index contributed by atoms with van der Waals surface area (Å²) in [7, 11) is 0. The Balaban J connectivity index is 1.77. The van der Waals surface area contributed by atoms with E-state index in [2.05, 4.69) is 36.0 Å². The largest absolute Gasteiger partial charge is 0.310 e. The standard InChI is InChI=1S/C17H35N3/c1-3-4-5-6-7-8-9-10-11-12-13-14-17(2)20-16-15-18-19-20/h15-19H,3-14H2,1-2H3. The van der Waals surface area contributed by atoms with Gasteiger partial charge in [-0.1, -0.05) is 77.6 Å². The van der Waals surface area contributed by atoms with Crippen molar-refractivity contribution >= 4 is 0 Å². The normalized spacial score (nSPS) is 15.6. The van der Waals surface area contributed by atoms with Gasteiger partial charge in [-0.15, -0.1) is 5.53 Å². The van der Waals surface area contributed by atoms with E-state index in [0.29, 0.717) is 6.04 Å². The molecule has 0 spiro atoms. The van der Waals surface area contributed by atoms with E-state index in [9.17, 15) is 0 Å². The maximum absolute atomic E-state index is 3.12. The number of hydrazine groups is 2. The Kier molecular flexibility index (Phi) is 10.5. The maximum Gasteiger partial charge on any atom is 0.0438 e. The second kappa shape index (κ2) is 12.1. The van der Waals surface area contributed by atoms with E-state index in [-0.39, 0.29) is 0 Å². The van der Waals surface area contributed by atoms with Crippen LogP contribution in [-0.2, 0) is 0 Å². The molecular weight excluding hydrogens is 246 g/mol. The summed E-state index contributed by atoms with van der Waals surface area (Å²) in [5, 5.41) is 2.15. The minimum absolute atomic E-state index is 0.583. The molecule has 118 valence electrons. The van der Waals surface area contributed by atoms with E-state index in [4.69, 9.17) is 0 Å². The highest BCUT2D eigenvalue weighted by molar-refractivity contribution is 4.85. The van der Waals surface area contributed by atoms with Gasteiger partial charge in [-0.25, -0.2) is 0 Å². The van der Waals surface area contributed by atoms with Crippen LogP contribution >= 0.6 is 0 Å². The summed E-state index contributed by atoms with van der Waals surface area (Å²) in [5.41, 5.74) is 6.11. The first-order chi connectivity index (χ1) is 9.84. The van der Waals surface area contributed by atoms with Gasteiger partial charge in [0.1, 0.15) is 0 Å². The number of hydrogen-bond acceptors (Lipinski definition) is 3. The summed E-state index contributed by atoms with van der Waals surface area (Å²) >= 11 is 0. The van der Waals surface area contributed by atoms with Crippen LogP contribution in [-0.4, -0.2) is 11.1 Å². The molecule has 20 heavy (non-hydrogen) atoms. The highest BCUT2D eigenvalue weighted by Gasteiger charge is 2.11. The zero-order chi connectivity index (χ0) is 14.5.